The van der Waals surface area contributed by atoms with Crippen molar-refractivity contribution in [3.8, 4) is 17.3 Å². The predicted molar refractivity (Wildman–Crippen MR) is 70.7 cm³/mol. The Labute approximate surface area is 114 Å². The third kappa shape index (κ3) is 2.55. The lowest BCUT2D eigenvalue weighted by molar-refractivity contribution is 0.353. The molecule has 0 spiro atoms. The normalized spacial score (nSPS) is 12.4. The number of furan rings is 1. The number of benzene rings is 1. The van der Waals surface area contributed by atoms with Gasteiger partial charge in [0.25, 0.3) is 0 Å². The number of hydrogen-bond donors (Lipinski definition) is 2. The van der Waals surface area contributed by atoms with Crippen LogP contribution in [0.15, 0.2) is 51.6 Å². The minimum atomic E-state index is -0.407. The first kappa shape index (κ1) is 12.4. The van der Waals surface area contributed by atoms with Crippen LogP contribution < -0.4 is 5.73 Å². The monoisotopic (exact) mass is 271 g/mol. The number of aromatic hydroxyl groups is 1. The number of rotatable bonds is 4. The second-order valence-electron chi connectivity index (χ2n) is 4.41. The summed E-state index contributed by atoms with van der Waals surface area (Å²) in [6.07, 6.45) is 2.09. The first-order chi connectivity index (χ1) is 9.72. The lowest BCUT2D eigenvalue weighted by atomic mass is 10.1. The number of phenols is 1. The molecule has 0 fully saturated rings. The van der Waals surface area contributed by atoms with E-state index in [-0.39, 0.29) is 5.75 Å². The highest BCUT2D eigenvalue weighted by molar-refractivity contribution is 5.44. The van der Waals surface area contributed by atoms with Gasteiger partial charge < -0.3 is 19.8 Å². The molecule has 2 aromatic heterocycles. The summed E-state index contributed by atoms with van der Waals surface area (Å²) in [5, 5.41) is 13.1. The Kier molecular flexibility index (Phi) is 3.22. The Balaban J connectivity index is 1.74. The van der Waals surface area contributed by atoms with Gasteiger partial charge in [-0.3, -0.25) is 0 Å². The molecule has 1 atom stereocenters. The van der Waals surface area contributed by atoms with Gasteiger partial charge in [0.15, 0.2) is 5.76 Å². The van der Waals surface area contributed by atoms with E-state index in [1.807, 2.05) is 0 Å². The second kappa shape index (κ2) is 5.18. The van der Waals surface area contributed by atoms with Crippen LogP contribution in [0.2, 0.25) is 0 Å². The molecule has 0 saturated carbocycles. The van der Waals surface area contributed by atoms with E-state index in [1.54, 1.807) is 42.7 Å². The summed E-state index contributed by atoms with van der Waals surface area (Å²) in [6, 6.07) is 9.93. The molecule has 0 amide bonds. The minimum Gasteiger partial charge on any atom is -0.508 e. The van der Waals surface area contributed by atoms with E-state index in [9.17, 15) is 5.11 Å². The van der Waals surface area contributed by atoms with Crippen molar-refractivity contribution >= 4 is 0 Å². The zero-order chi connectivity index (χ0) is 13.9. The standard InChI is InChI=1S/C14H13N3O3/c15-11(8-9-3-5-10(18)6-4-9)14-16-13(17-20-14)12-2-1-7-19-12/h1-7,11,18H,8,15H2. The first-order valence-corrected chi connectivity index (χ1v) is 6.13. The molecule has 0 bridgehead atoms. The van der Waals surface area contributed by atoms with Gasteiger partial charge in [0.2, 0.25) is 11.7 Å². The molecule has 6 nitrogen and oxygen atoms in total. The highest BCUT2D eigenvalue weighted by Crippen LogP contribution is 2.20. The van der Waals surface area contributed by atoms with Crippen LogP contribution in [-0.4, -0.2) is 15.2 Å². The van der Waals surface area contributed by atoms with E-state index in [0.29, 0.717) is 23.9 Å². The third-order valence-electron chi connectivity index (χ3n) is 2.89. The quantitative estimate of drug-likeness (QED) is 0.755. The van der Waals surface area contributed by atoms with Crippen molar-refractivity contribution in [2.24, 2.45) is 5.73 Å². The number of hydrogen-bond acceptors (Lipinski definition) is 6. The Morgan fingerprint density at radius 3 is 2.70 bits per heavy atom. The average Bonchev–Trinajstić information content (AvgIpc) is 3.11. The zero-order valence-corrected chi connectivity index (χ0v) is 10.6. The fraction of sp³-hybridized carbons (Fsp3) is 0.143. The van der Waals surface area contributed by atoms with E-state index >= 15 is 0 Å². The lowest BCUT2D eigenvalue weighted by Crippen LogP contribution is -2.13. The van der Waals surface area contributed by atoms with Gasteiger partial charge >= 0.3 is 0 Å². The summed E-state index contributed by atoms with van der Waals surface area (Å²) >= 11 is 0. The van der Waals surface area contributed by atoms with E-state index in [2.05, 4.69) is 10.1 Å². The molecule has 3 aromatic rings. The minimum absolute atomic E-state index is 0.222. The SMILES string of the molecule is NC(Cc1ccc(O)cc1)c1nc(-c2ccco2)no1. The van der Waals surface area contributed by atoms with Crippen molar-refractivity contribution in [2.75, 3.05) is 0 Å². The zero-order valence-electron chi connectivity index (χ0n) is 10.6. The molecule has 3 rings (SSSR count). The van der Waals surface area contributed by atoms with Crippen LogP contribution >= 0.6 is 0 Å². The molecule has 0 aliphatic heterocycles. The van der Waals surface area contributed by atoms with Crippen molar-refractivity contribution in [3.05, 3.63) is 54.1 Å². The smallest absolute Gasteiger partial charge is 0.244 e. The van der Waals surface area contributed by atoms with Crippen LogP contribution in [0.5, 0.6) is 5.75 Å². The fourth-order valence-corrected chi connectivity index (χ4v) is 1.86. The summed E-state index contributed by atoms with van der Waals surface area (Å²) in [7, 11) is 0. The van der Waals surface area contributed by atoms with Crippen LogP contribution in [0.1, 0.15) is 17.5 Å². The number of aromatic nitrogens is 2. The largest absolute Gasteiger partial charge is 0.508 e. The topological polar surface area (TPSA) is 98.3 Å². The number of nitrogens with two attached hydrogens (primary N) is 1. The molecular formula is C14H13N3O3. The lowest BCUT2D eigenvalue weighted by Gasteiger charge is -2.06. The Bertz CT molecular complexity index is 674. The predicted octanol–water partition coefficient (Wildman–Crippen LogP) is 2.28. The van der Waals surface area contributed by atoms with Gasteiger partial charge in [0.1, 0.15) is 5.75 Å². The second-order valence-corrected chi connectivity index (χ2v) is 4.41. The maximum Gasteiger partial charge on any atom is 0.244 e. The molecule has 3 N–H and O–H groups in total. The molecule has 0 radical (unpaired) electrons. The summed E-state index contributed by atoms with van der Waals surface area (Å²) < 4.78 is 10.3. The molecule has 1 unspecified atom stereocenters. The van der Waals surface area contributed by atoms with Crippen LogP contribution in [-0.2, 0) is 6.42 Å². The molecule has 20 heavy (non-hydrogen) atoms. The van der Waals surface area contributed by atoms with Crippen molar-refractivity contribution in [1.29, 1.82) is 0 Å². The highest BCUT2D eigenvalue weighted by Gasteiger charge is 2.17. The van der Waals surface area contributed by atoms with E-state index < -0.39 is 6.04 Å². The van der Waals surface area contributed by atoms with Gasteiger partial charge in [0, 0.05) is 0 Å². The molecule has 1 aromatic carbocycles. The van der Waals surface area contributed by atoms with Gasteiger partial charge in [-0.05, 0) is 36.2 Å². The number of phenolic OH excluding ortho intramolecular Hbond substituents is 1. The maximum absolute atomic E-state index is 9.23. The van der Waals surface area contributed by atoms with Crippen molar-refractivity contribution in [3.63, 3.8) is 0 Å². The van der Waals surface area contributed by atoms with E-state index in [1.165, 1.54) is 0 Å². The number of nitrogens with zero attached hydrogens (tertiary/aromatic N) is 2. The van der Waals surface area contributed by atoms with Crippen molar-refractivity contribution in [1.82, 2.24) is 10.1 Å². The van der Waals surface area contributed by atoms with Crippen molar-refractivity contribution in [2.45, 2.75) is 12.5 Å². The summed E-state index contributed by atoms with van der Waals surface area (Å²) in [5.74, 6) is 1.49. The van der Waals surface area contributed by atoms with Gasteiger partial charge in [-0.2, -0.15) is 4.98 Å². The van der Waals surface area contributed by atoms with Crippen LogP contribution in [0, 0.1) is 0 Å². The molecule has 6 heteroatoms. The third-order valence-corrected chi connectivity index (χ3v) is 2.89. The Morgan fingerprint density at radius 2 is 2.00 bits per heavy atom. The van der Waals surface area contributed by atoms with E-state index in [4.69, 9.17) is 14.7 Å². The molecule has 2 heterocycles. The van der Waals surface area contributed by atoms with Gasteiger partial charge in [0.05, 0.1) is 12.3 Å². The molecule has 0 saturated heterocycles. The average molecular weight is 271 g/mol. The molecule has 0 aliphatic rings. The summed E-state index contributed by atoms with van der Waals surface area (Å²) in [6.45, 7) is 0. The Hall–Kier alpha value is -2.60. The van der Waals surface area contributed by atoms with Crippen molar-refractivity contribution < 1.29 is 14.0 Å². The van der Waals surface area contributed by atoms with Gasteiger partial charge in [-0.1, -0.05) is 17.3 Å². The van der Waals surface area contributed by atoms with Crippen LogP contribution in [0.25, 0.3) is 11.6 Å². The Morgan fingerprint density at radius 1 is 1.20 bits per heavy atom. The van der Waals surface area contributed by atoms with Crippen LogP contribution in [0.3, 0.4) is 0 Å². The molecular weight excluding hydrogens is 258 g/mol. The molecule has 102 valence electrons. The summed E-state index contributed by atoms with van der Waals surface area (Å²) in [4.78, 5) is 4.22. The fourth-order valence-electron chi connectivity index (χ4n) is 1.86. The summed E-state index contributed by atoms with van der Waals surface area (Å²) in [5.41, 5.74) is 7.02. The molecule has 0 aliphatic carbocycles. The van der Waals surface area contributed by atoms with Crippen LogP contribution in [0.4, 0.5) is 0 Å². The van der Waals surface area contributed by atoms with E-state index in [0.717, 1.165) is 5.56 Å². The first-order valence-electron chi connectivity index (χ1n) is 6.13. The van der Waals surface area contributed by atoms with Gasteiger partial charge in [-0.15, -0.1) is 0 Å². The van der Waals surface area contributed by atoms with Gasteiger partial charge in [-0.25, -0.2) is 0 Å². The maximum atomic E-state index is 9.23. The highest BCUT2D eigenvalue weighted by atomic mass is 16.5.